The fraction of sp³-hybridized carbons (Fsp3) is 0.440. The molecule has 3 aliphatic heterocycles. The Morgan fingerprint density at radius 1 is 1.00 bits per heavy atom. The van der Waals surface area contributed by atoms with Crippen LogP contribution in [0.15, 0.2) is 48.5 Å². The van der Waals surface area contributed by atoms with Gasteiger partial charge in [-0.15, -0.1) is 0 Å². The molecule has 1 atom stereocenters. The van der Waals surface area contributed by atoms with Gasteiger partial charge >= 0.3 is 6.09 Å². The van der Waals surface area contributed by atoms with E-state index < -0.39 is 11.7 Å². The first-order chi connectivity index (χ1) is 16.0. The maximum atomic E-state index is 13.6. The quantitative estimate of drug-likeness (QED) is 0.711. The van der Waals surface area contributed by atoms with E-state index in [4.69, 9.17) is 9.47 Å². The number of nitrogens with zero attached hydrogens (tertiary/aromatic N) is 3. The van der Waals surface area contributed by atoms with E-state index in [1.54, 1.807) is 17.0 Å². The van der Waals surface area contributed by atoms with Gasteiger partial charge in [0.2, 0.25) is 0 Å². The number of ether oxygens (including phenoxy) is 2. The number of carbonyl (C=O) groups is 2. The summed E-state index contributed by atoms with van der Waals surface area (Å²) < 4.78 is 24.9. The smallest absolute Gasteiger partial charge is 0.415 e. The Bertz CT molecular complexity index is 1020. The molecule has 1 spiro atoms. The van der Waals surface area contributed by atoms with Gasteiger partial charge in [0.25, 0.3) is 5.91 Å². The number of rotatable bonds is 4. The fourth-order valence-electron chi connectivity index (χ4n) is 4.90. The Morgan fingerprint density at radius 3 is 2.55 bits per heavy atom. The van der Waals surface area contributed by atoms with Gasteiger partial charge in [-0.2, -0.15) is 0 Å². The second kappa shape index (κ2) is 9.11. The lowest BCUT2D eigenvalue weighted by Crippen LogP contribution is -2.49. The molecular weight excluding hydrogens is 425 g/mol. The van der Waals surface area contributed by atoms with Gasteiger partial charge in [0, 0.05) is 24.3 Å². The molecule has 3 fully saturated rings. The summed E-state index contributed by atoms with van der Waals surface area (Å²) in [5, 5.41) is 0. The third-order valence-electron chi connectivity index (χ3n) is 6.59. The minimum Gasteiger partial charge on any atom is -0.436 e. The number of anilines is 1. The van der Waals surface area contributed by atoms with Gasteiger partial charge in [0.05, 0.1) is 26.3 Å². The predicted octanol–water partition coefficient (Wildman–Crippen LogP) is 3.29. The van der Waals surface area contributed by atoms with Gasteiger partial charge in [0.15, 0.2) is 5.60 Å². The average molecular weight is 454 g/mol. The SMILES string of the molecule is O=C(c1ccccc1CN1CCCC1)N1CCOC[C@]2(C1)CN(c1ccc(F)cc1)C(=O)O2. The van der Waals surface area contributed by atoms with Gasteiger partial charge in [-0.25, -0.2) is 9.18 Å². The fourth-order valence-corrected chi connectivity index (χ4v) is 4.90. The van der Waals surface area contributed by atoms with Crippen LogP contribution >= 0.6 is 0 Å². The molecule has 0 bridgehead atoms. The lowest BCUT2D eigenvalue weighted by atomic mass is 10.0. The first kappa shape index (κ1) is 21.9. The Morgan fingerprint density at radius 2 is 1.76 bits per heavy atom. The molecule has 0 radical (unpaired) electrons. The molecule has 3 aliphatic rings. The molecule has 0 saturated carbocycles. The Hall–Kier alpha value is -2.97. The zero-order valence-corrected chi connectivity index (χ0v) is 18.5. The van der Waals surface area contributed by atoms with Crippen molar-refractivity contribution in [2.45, 2.75) is 25.0 Å². The number of carbonyl (C=O) groups excluding carboxylic acids is 2. The molecule has 2 aromatic carbocycles. The Labute approximate surface area is 192 Å². The molecule has 33 heavy (non-hydrogen) atoms. The molecule has 2 amide bonds. The monoisotopic (exact) mass is 453 g/mol. The third-order valence-corrected chi connectivity index (χ3v) is 6.59. The molecule has 3 heterocycles. The van der Waals surface area contributed by atoms with E-state index in [-0.39, 0.29) is 31.4 Å². The van der Waals surface area contributed by atoms with Crippen molar-refractivity contribution in [2.24, 2.45) is 0 Å². The van der Waals surface area contributed by atoms with E-state index >= 15 is 0 Å². The second-order valence-corrected chi connectivity index (χ2v) is 9.03. The van der Waals surface area contributed by atoms with E-state index in [1.165, 1.54) is 29.9 Å². The average Bonchev–Trinajstić information content (AvgIpc) is 3.38. The summed E-state index contributed by atoms with van der Waals surface area (Å²) >= 11 is 0. The predicted molar refractivity (Wildman–Crippen MR) is 121 cm³/mol. The summed E-state index contributed by atoms with van der Waals surface area (Å²) in [5.41, 5.74) is 1.28. The van der Waals surface area contributed by atoms with Crippen LogP contribution in [0.1, 0.15) is 28.8 Å². The molecule has 8 heteroatoms. The van der Waals surface area contributed by atoms with Crippen LogP contribution in [0, 0.1) is 5.82 Å². The third kappa shape index (κ3) is 4.58. The van der Waals surface area contributed by atoms with Crippen molar-refractivity contribution in [1.29, 1.82) is 0 Å². The first-order valence-electron chi connectivity index (χ1n) is 11.5. The highest BCUT2D eigenvalue weighted by atomic mass is 19.1. The largest absolute Gasteiger partial charge is 0.436 e. The molecule has 7 nitrogen and oxygen atoms in total. The van der Waals surface area contributed by atoms with E-state index in [0.29, 0.717) is 24.4 Å². The van der Waals surface area contributed by atoms with Gasteiger partial charge in [-0.3, -0.25) is 14.6 Å². The molecule has 0 aliphatic carbocycles. The van der Waals surface area contributed by atoms with Crippen molar-refractivity contribution in [2.75, 3.05) is 50.8 Å². The zero-order chi connectivity index (χ0) is 22.8. The number of likely N-dealkylation sites (tertiary alicyclic amines) is 1. The molecule has 0 aromatic heterocycles. The molecule has 174 valence electrons. The van der Waals surface area contributed by atoms with Gasteiger partial charge in [-0.1, -0.05) is 18.2 Å². The van der Waals surface area contributed by atoms with Crippen molar-refractivity contribution >= 4 is 17.7 Å². The number of hydrogen-bond acceptors (Lipinski definition) is 5. The summed E-state index contributed by atoms with van der Waals surface area (Å²) in [6.07, 6.45) is 1.87. The van der Waals surface area contributed by atoms with E-state index in [9.17, 15) is 14.0 Å². The van der Waals surface area contributed by atoms with Crippen LogP contribution in [-0.2, 0) is 16.0 Å². The molecule has 5 rings (SSSR count). The maximum Gasteiger partial charge on any atom is 0.415 e. The van der Waals surface area contributed by atoms with E-state index in [0.717, 1.165) is 25.2 Å². The zero-order valence-electron chi connectivity index (χ0n) is 18.5. The van der Waals surface area contributed by atoms with Gasteiger partial charge < -0.3 is 14.4 Å². The second-order valence-electron chi connectivity index (χ2n) is 9.03. The topological polar surface area (TPSA) is 62.3 Å². The van der Waals surface area contributed by atoms with Crippen LogP contribution < -0.4 is 4.90 Å². The highest BCUT2D eigenvalue weighted by Gasteiger charge is 2.49. The van der Waals surface area contributed by atoms with Crippen molar-refractivity contribution < 1.29 is 23.5 Å². The van der Waals surface area contributed by atoms with E-state index in [2.05, 4.69) is 4.90 Å². The van der Waals surface area contributed by atoms with Crippen LogP contribution in [0.2, 0.25) is 0 Å². The van der Waals surface area contributed by atoms with Gasteiger partial charge in [-0.05, 0) is 61.8 Å². The highest BCUT2D eigenvalue weighted by molar-refractivity contribution is 5.96. The Kier molecular flexibility index (Phi) is 6.03. The minimum atomic E-state index is -0.971. The summed E-state index contributed by atoms with van der Waals surface area (Å²) in [4.78, 5) is 31.9. The lowest BCUT2D eigenvalue weighted by Gasteiger charge is -2.30. The number of amides is 2. The Balaban J connectivity index is 1.35. The van der Waals surface area contributed by atoms with Crippen molar-refractivity contribution in [3.8, 4) is 0 Å². The molecular formula is C25H28FN3O4. The highest BCUT2D eigenvalue weighted by Crippen LogP contribution is 2.31. The van der Waals surface area contributed by atoms with Crippen molar-refractivity contribution in [1.82, 2.24) is 9.80 Å². The van der Waals surface area contributed by atoms with Crippen LogP contribution in [-0.4, -0.2) is 73.3 Å². The summed E-state index contributed by atoms with van der Waals surface area (Å²) in [6.45, 7) is 4.34. The molecule has 0 unspecified atom stereocenters. The van der Waals surface area contributed by atoms with Crippen molar-refractivity contribution in [3.05, 3.63) is 65.5 Å². The molecule has 3 saturated heterocycles. The van der Waals surface area contributed by atoms with Crippen LogP contribution in [0.4, 0.5) is 14.9 Å². The van der Waals surface area contributed by atoms with Gasteiger partial charge in [0.1, 0.15) is 5.82 Å². The summed E-state index contributed by atoms with van der Waals surface area (Å²) in [6, 6.07) is 13.5. The normalized spacial score (nSPS) is 23.7. The van der Waals surface area contributed by atoms with Crippen LogP contribution in [0.25, 0.3) is 0 Å². The van der Waals surface area contributed by atoms with E-state index in [1.807, 2.05) is 24.3 Å². The maximum absolute atomic E-state index is 13.6. The summed E-state index contributed by atoms with van der Waals surface area (Å²) in [7, 11) is 0. The summed E-state index contributed by atoms with van der Waals surface area (Å²) in [5.74, 6) is -0.450. The lowest BCUT2D eigenvalue weighted by molar-refractivity contribution is -0.0140. The van der Waals surface area contributed by atoms with Crippen LogP contribution in [0.5, 0.6) is 0 Å². The first-order valence-corrected chi connectivity index (χ1v) is 11.5. The standard InChI is InChI=1S/C25H28FN3O4/c26-20-7-9-21(10-8-20)29-17-25(33-24(29)31)16-28(13-14-32-18-25)23(30)22-6-2-1-5-19(22)15-27-11-3-4-12-27/h1-2,5-10H,3-4,11-18H2/t25-/m0/s1. The minimum absolute atomic E-state index is 0.0778. The molecule has 2 aromatic rings. The van der Waals surface area contributed by atoms with Crippen LogP contribution in [0.3, 0.4) is 0 Å². The number of halogens is 1. The van der Waals surface area contributed by atoms with Crippen molar-refractivity contribution in [3.63, 3.8) is 0 Å². The number of hydrogen-bond donors (Lipinski definition) is 0. The number of benzene rings is 2. The molecule has 0 N–H and O–H groups in total.